The first-order chi connectivity index (χ1) is 13.0. The fourth-order valence-corrected chi connectivity index (χ4v) is 2.92. The molecule has 0 spiro atoms. The van der Waals surface area contributed by atoms with Crippen LogP contribution >= 0.6 is 0 Å². The van der Waals surface area contributed by atoms with E-state index in [0.717, 1.165) is 10.9 Å². The lowest BCUT2D eigenvalue weighted by molar-refractivity contribution is -0.136. The molecule has 0 aliphatic heterocycles. The monoisotopic (exact) mass is 371 g/mol. The maximum absolute atomic E-state index is 13.6. The molecule has 3 aromatic rings. The van der Waals surface area contributed by atoms with Crippen molar-refractivity contribution in [2.45, 2.75) is 13.1 Å². The maximum atomic E-state index is 13.6. The van der Waals surface area contributed by atoms with Gasteiger partial charge in [0.2, 0.25) is 5.91 Å². The molecule has 0 atom stereocenters. The molecule has 0 aliphatic rings. The highest BCUT2D eigenvalue weighted by atomic mass is 19.1. The number of hydrogen-bond donors (Lipinski definition) is 0. The summed E-state index contributed by atoms with van der Waals surface area (Å²) in [5, 5.41) is 0.814. The minimum atomic E-state index is -0.331. The summed E-state index contributed by atoms with van der Waals surface area (Å²) in [6.07, 6.45) is 1.58. The number of nitrogens with zero attached hydrogens (tertiary/aromatic N) is 3. The summed E-state index contributed by atoms with van der Waals surface area (Å²) in [7, 11) is 5.22. The lowest BCUT2D eigenvalue weighted by Crippen LogP contribution is -2.33. The lowest BCUT2D eigenvalue weighted by atomic mass is 10.1. The van der Waals surface area contributed by atoms with Crippen LogP contribution in [0.15, 0.2) is 47.1 Å². The van der Waals surface area contributed by atoms with Crippen molar-refractivity contribution < 1.29 is 18.3 Å². The van der Waals surface area contributed by atoms with E-state index in [1.807, 2.05) is 31.1 Å². The molecule has 3 rings (SSSR count). The van der Waals surface area contributed by atoms with Gasteiger partial charge in [-0.25, -0.2) is 9.37 Å². The standard InChI is InChI=1S/C20H22FN3O3/c1-23(2)20-15(9-14-6-7-16(21)10-18(14)22-20)11-24(19(25)13-26-3)12-17-5-4-8-27-17/h4-10H,11-13H2,1-3H3. The number of rotatable bonds is 7. The Balaban J connectivity index is 1.98. The summed E-state index contributed by atoms with van der Waals surface area (Å²) in [5.74, 6) is 0.879. The molecule has 0 aliphatic carbocycles. The van der Waals surface area contributed by atoms with Gasteiger partial charge in [0.25, 0.3) is 0 Å². The van der Waals surface area contributed by atoms with E-state index >= 15 is 0 Å². The minimum absolute atomic E-state index is 0.0236. The molecule has 7 heteroatoms. The summed E-state index contributed by atoms with van der Waals surface area (Å²) in [5.41, 5.74) is 1.43. The lowest BCUT2D eigenvalue weighted by Gasteiger charge is -2.24. The van der Waals surface area contributed by atoms with Gasteiger partial charge in [-0.1, -0.05) is 0 Å². The molecular weight excluding hydrogens is 349 g/mol. The van der Waals surface area contributed by atoms with Crippen molar-refractivity contribution in [3.63, 3.8) is 0 Å². The zero-order valence-corrected chi connectivity index (χ0v) is 15.6. The number of methoxy groups -OCH3 is 1. The van der Waals surface area contributed by atoms with Gasteiger partial charge in [0.05, 0.1) is 18.3 Å². The van der Waals surface area contributed by atoms with Crippen molar-refractivity contribution in [3.05, 3.63) is 59.8 Å². The quantitative estimate of drug-likeness (QED) is 0.638. The van der Waals surface area contributed by atoms with Crippen LogP contribution in [0.3, 0.4) is 0 Å². The largest absolute Gasteiger partial charge is 0.467 e. The van der Waals surface area contributed by atoms with Gasteiger partial charge in [-0.3, -0.25) is 4.79 Å². The van der Waals surface area contributed by atoms with Crippen molar-refractivity contribution in [2.75, 3.05) is 32.7 Å². The molecule has 1 amide bonds. The van der Waals surface area contributed by atoms with Gasteiger partial charge in [-0.15, -0.1) is 0 Å². The van der Waals surface area contributed by atoms with Crippen LogP contribution in [0.2, 0.25) is 0 Å². The molecule has 0 bridgehead atoms. The van der Waals surface area contributed by atoms with Gasteiger partial charge in [0.1, 0.15) is 24.0 Å². The Morgan fingerprint density at radius 2 is 2.04 bits per heavy atom. The molecule has 2 heterocycles. The van der Waals surface area contributed by atoms with E-state index in [1.54, 1.807) is 23.3 Å². The van der Waals surface area contributed by atoms with Gasteiger partial charge in [0, 0.05) is 44.8 Å². The van der Waals surface area contributed by atoms with E-state index in [1.165, 1.54) is 19.2 Å². The summed E-state index contributed by atoms with van der Waals surface area (Å²) in [6, 6.07) is 10.0. The third-order valence-corrected chi connectivity index (χ3v) is 4.17. The number of carbonyl (C=O) groups excluding carboxylic acids is 1. The van der Waals surface area contributed by atoms with Crippen LogP contribution in [0, 0.1) is 5.82 Å². The Labute approximate surface area is 157 Å². The van der Waals surface area contributed by atoms with Crippen LogP contribution in [-0.4, -0.2) is 43.6 Å². The highest BCUT2D eigenvalue weighted by molar-refractivity contribution is 5.82. The molecule has 0 N–H and O–H groups in total. The molecule has 0 unspecified atom stereocenters. The van der Waals surface area contributed by atoms with Gasteiger partial charge in [0.15, 0.2) is 0 Å². The minimum Gasteiger partial charge on any atom is -0.467 e. The first-order valence-electron chi connectivity index (χ1n) is 8.53. The zero-order chi connectivity index (χ0) is 19.4. The molecule has 0 saturated heterocycles. The second-order valence-corrected chi connectivity index (χ2v) is 6.46. The summed E-state index contributed by atoms with van der Waals surface area (Å²) in [4.78, 5) is 20.6. The summed E-state index contributed by atoms with van der Waals surface area (Å²) in [6.45, 7) is 0.629. The number of fused-ring (bicyclic) bond motifs is 1. The van der Waals surface area contributed by atoms with Crippen LogP contribution in [0.25, 0.3) is 10.9 Å². The molecule has 1 aromatic carbocycles. The molecule has 6 nitrogen and oxygen atoms in total. The van der Waals surface area contributed by atoms with Crippen LogP contribution in [-0.2, 0) is 22.6 Å². The van der Waals surface area contributed by atoms with Crippen LogP contribution in [0.5, 0.6) is 0 Å². The van der Waals surface area contributed by atoms with E-state index in [0.29, 0.717) is 30.2 Å². The zero-order valence-electron chi connectivity index (χ0n) is 15.6. The molecule has 0 radical (unpaired) electrons. The fourth-order valence-electron chi connectivity index (χ4n) is 2.92. The molecule has 0 fully saturated rings. The Morgan fingerprint density at radius 1 is 1.22 bits per heavy atom. The van der Waals surface area contributed by atoms with Crippen LogP contribution in [0.1, 0.15) is 11.3 Å². The Bertz CT molecular complexity index is 926. The summed E-state index contributed by atoms with van der Waals surface area (Å²) < 4.78 is 24.0. The number of furan rings is 1. The number of anilines is 1. The molecule has 142 valence electrons. The second-order valence-electron chi connectivity index (χ2n) is 6.46. The molecular formula is C20H22FN3O3. The first-order valence-corrected chi connectivity index (χ1v) is 8.53. The smallest absolute Gasteiger partial charge is 0.249 e. The van der Waals surface area contributed by atoms with Gasteiger partial charge < -0.3 is 19.0 Å². The Hall–Kier alpha value is -2.93. The normalized spacial score (nSPS) is 11.0. The molecule has 27 heavy (non-hydrogen) atoms. The highest BCUT2D eigenvalue weighted by Crippen LogP contribution is 2.25. The maximum Gasteiger partial charge on any atom is 0.249 e. The average molecular weight is 371 g/mol. The number of carbonyl (C=O) groups is 1. The van der Waals surface area contributed by atoms with Gasteiger partial charge in [-0.2, -0.15) is 0 Å². The number of pyridine rings is 1. The summed E-state index contributed by atoms with van der Waals surface area (Å²) >= 11 is 0. The van der Waals surface area contributed by atoms with E-state index in [9.17, 15) is 9.18 Å². The second kappa shape index (κ2) is 8.18. The van der Waals surface area contributed by atoms with E-state index < -0.39 is 0 Å². The number of aromatic nitrogens is 1. The number of amides is 1. The molecule has 2 aromatic heterocycles. The van der Waals surface area contributed by atoms with Crippen molar-refractivity contribution in [2.24, 2.45) is 0 Å². The first kappa shape index (κ1) is 18.8. The number of halogens is 1. The SMILES string of the molecule is COCC(=O)N(Cc1ccco1)Cc1cc2ccc(F)cc2nc1N(C)C. The van der Waals surface area contributed by atoms with E-state index in [4.69, 9.17) is 9.15 Å². The number of benzene rings is 1. The average Bonchev–Trinajstić information content (AvgIpc) is 3.14. The van der Waals surface area contributed by atoms with E-state index in [2.05, 4.69) is 4.98 Å². The Kier molecular flexibility index (Phi) is 5.71. The highest BCUT2D eigenvalue weighted by Gasteiger charge is 2.19. The van der Waals surface area contributed by atoms with E-state index in [-0.39, 0.29) is 18.3 Å². The van der Waals surface area contributed by atoms with Crippen LogP contribution < -0.4 is 4.90 Å². The van der Waals surface area contributed by atoms with Gasteiger partial charge >= 0.3 is 0 Å². The third-order valence-electron chi connectivity index (χ3n) is 4.17. The third kappa shape index (κ3) is 4.43. The molecule has 0 saturated carbocycles. The fraction of sp³-hybridized carbons (Fsp3) is 0.300. The Morgan fingerprint density at radius 3 is 2.70 bits per heavy atom. The van der Waals surface area contributed by atoms with Gasteiger partial charge in [-0.05, 0) is 30.3 Å². The predicted octanol–water partition coefficient (Wildman–Crippen LogP) is 3.21. The van der Waals surface area contributed by atoms with Crippen molar-refractivity contribution in [1.29, 1.82) is 0 Å². The van der Waals surface area contributed by atoms with Crippen molar-refractivity contribution in [1.82, 2.24) is 9.88 Å². The van der Waals surface area contributed by atoms with Crippen LogP contribution in [0.4, 0.5) is 10.2 Å². The van der Waals surface area contributed by atoms with Crippen molar-refractivity contribution in [3.8, 4) is 0 Å². The number of ether oxygens (including phenoxy) is 1. The van der Waals surface area contributed by atoms with Crippen molar-refractivity contribution >= 4 is 22.6 Å². The topological polar surface area (TPSA) is 58.8 Å². The predicted molar refractivity (Wildman–Crippen MR) is 101 cm³/mol. The number of hydrogen-bond acceptors (Lipinski definition) is 5.